The van der Waals surface area contributed by atoms with Crippen LogP contribution in [0.2, 0.25) is 0 Å². The summed E-state index contributed by atoms with van der Waals surface area (Å²) in [5, 5.41) is -0.666. The average Bonchev–Trinajstić information content (AvgIpc) is 2.29. The molecule has 0 spiro atoms. The van der Waals surface area contributed by atoms with E-state index in [4.69, 9.17) is 4.74 Å². The number of esters is 1. The van der Waals surface area contributed by atoms with Crippen LogP contribution in [0, 0.1) is 0 Å². The number of hydrogen-bond acceptors (Lipinski definition) is 4. The summed E-state index contributed by atoms with van der Waals surface area (Å²) in [6, 6.07) is 8.23. The van der Waals surface area contributed by atoms with Gasteiger partial charge in [-0.3, -0.25) is 4.79 Å². The first kappa shape index (κ1) is 12.1. The Hall–Kier alpha value is -1.36. The van der Waals surface area contributed by atoms with E-state index in [2.05, 4.69) is 0 Å². The Morgan fingerprint density at radius 1 is 1.24 bits per heavy atom. The number of benzene rings is 1. The molecule has 17 heavy (non-hydrogen) atoms. The van der Waals surface area contributed by atoms with Crippen LogP contribution in [0.1, 0.15) is 19.8 Å². The van der Waals surface area contributed by atoms with Crippen LogP contribution in [-0.2, 0) is 19.4 Å². The maximum atomic E-state index is 12.3. The van der Waals surface area contributed by atoms with Crippen LogP contribution in [0.5, 0.6) is 0 Å². The Bertz CT molecular complexity index is 507. The minimum atomic E-state index is -3.43. The molecule has 2 rings (SSSR count). The predicted molar refractivity (Wildman–Crippen MR) is 62.2 cm³/mol. The van der Waals surface area contributed by atoms with Gasteiger partial charge in [-0.1, -0.05) is 18.2 Å². The van der Waals surface area contributed by atoms with Crippen molar-refractivity contribution in [3.05, 3.63) is 30.3 Å². The minimum Gasteiger partial charge on any atom is -0.463 e. The Morgan fingerprint density at radius 3 is 2.47 bits per heavy atom. The molecule has 0 aromatic heterocycles. The highest BCUT2D eigenvalue weighted by Gasteiger charge is 2.35. The number of ether oxygens (including phenoxy) is 1. The third kappa shape index (κ3) is 2.49. The molecule has 4 nitrogen and oxygen atoms in total. The molecule has 1 aliphatic rings. The highest BCUT2D eigenvalue weighted by molar-refractivity contribution is 7.92. The summed E-state index contributed by atoms with van der Waals surface area (Å²) in [6.45, 7) is 1.71. The molecular weight excluding hydrogens is 240 g/mol. The molecule has 0 aliphatic carbocycles. The fourth-order valence-electron chi connectivity index (χ4n) is 2.00. The van der Waals surface area contributed by atoms with Gasteiger partial charge in [-0.25, -0.2) is 8.42 Å². The standard InChI is InChI=1S/C12H14O4S/c1-9-7-11(8-12(13)16-9)17(14,15)10-5-3-2-4-6-10/h2-6,9,11H,7-8H2,1H3. The zero-order chi connectivity index (χ0) is 12.5. The van der Waals surface area contributed by atoms with Crippen molar-refractivity contribution in [3.63, 3.8) is 0 Å². The molecule has 0 N–H and O–H groups in total. The Labute approximate surface area is 101 Å². The third-order valence-electron chi connectivity index (χ3n) is 2.83. The molecule has 0 amide bonds. The van der Waals surface area contributed by atoms with E-state index in [1.165, 1.54) is 0 Å². The lowest BCUT2D eigenvalue weighted by Crippen LogP contribution is -2.36. The van der Waals surface area contributed by atoms with Gasteiger partial charge in [0.2, 0.25) is 0 Å². The smallest absolute Gasteiger partial charge is 0.307 e. The summed E-state index contributed by atoms with van der Waals surface area (Å²) in [6.07, 6.45) is -0.0235. The van der Waals surface area contributed by atoms with Crippen LogP contribution < -0.4 is 0 Å². The molecule has 0 radical (unpaired) electrons. The quantitative estimate of drug-likeness (QED) is 0.751. The van der Waals surface area contributed by atoms with Crippen LogP contribution >= 0.6 is 0 Å². The second-order valence-corrected chi connectivity index (χ2v) is 6.45. The summed E-state index contributed by atoms with van der Waals surface area (Å²) in [5.41, 5.74) is 0. The molecule has 5 heteroatoms. The van der Waals surface area contributed by atoms with Gasteiger partial charge in [-0.15, -0.1) is 0 Å². The number of cyclic esters (lactones) is 1. The molecular formula is C12H14O4S. The van der Waals surface area contributed by atoms with Gasteiger partial charge in [0.05, 0.1) is 16.6 Å². The summed E-state index contributed by atoms with van der Waals surface area (Å²) < 4.78 is 29.5. The van der Waals surface area contributed by atoms with Crippen molar-refractivity contribution in [2.45, 2.75) is 36.0 Å². The topological polar surface area (TPSA) is 60.4 Å². The van der Waals surface area contributed by atoms with Gasteiger partial charge in [0, 0.05) is 6.42 Å². The van der Waals surface area contributed by atoms with Crippen molar-refractivity contribution >= 4 is 15.8 Å². The molecule has 1 heterocycles. The molecule has 1 aromatic rings. The molecule has 1 fully saturated rings. The number of sulfone groups is 1. The number of carbonyl (C=O) groups is 1. The molecule has 0 bridgehead atoms. The highest BCUT2D eigenvalue weighted by Crippen LogP contribution is 2.26. The van der Waals surface area contributed by atoms with Crippen molar-refractivity contribution < 1.29 is 17.9 Å². The van der Waals surface area contributed by atoms with Gasteiger partial charge in [-0.2, -0.15) is 0 Å². The molecule has 2 unspecified atom stereocenters. The first-order valence-electron chi connectivity index (χ1n) is 5.48. The van der Waals surface area contributed by atoms with Crippen molar-refractivity contribution in [3.8, 4) is 0 Å². The lowest BCUT2D eigenvalue weighted by atomic mass is 10.1. The fourth-order valence-corrected chi connectivity index (χ4v) is 3.80. The number of hydrogen-bond donors (Lipinski definition) is 0. The van der Waals surface area contributed by atoms with E-state index < -0.39 is 21.1 Å². The fraction of sp³-hybridized carbons (Fsp3) is 0.417. The van der Waals surface area contributed by atoms with Gasteiger partial charge < -0.3 is 4.74 Å². The van der Waals surface area contributed by atoms with Crippen molar-refractivity contribution in [1.82, 2.24) is 0 Å². The average molecular weight is 254 g/mol. The van der Waals surface area contributed by atoms with Gasteiger partial charge in [0.1, 0.15) is 6.10 Å². The van der Waals surface area contributed by atoms with Crippen LogP contribution in [0.4, 0.5) is 0 Å². The zero-order valence-electron chi connectivity index (χ0n) is 9.50. The van der Waals surface area contributed by atoms with Gasteiger partial charge >= 0.3 is 5.97 Å². The van der Waals surface area contributed by atoms with E-state index in [9.17, 15) is 13.2 Å². The lowest BCUT2D eigenvalue weighted by molar-refractivity contribution is -0.152. The maximum Gasteiger partial charge on any atom is 0.307 e. The van der Waals surface area contributed by atoms with Crippen LogP contribution in [0.15, 0.2) is 35.2 Å². The Balaban J connectivity index is 2.30. The minimum absolute atomic E-state index is 0.0540. The maximum absolute atomic E-state index is 12.3. The van der Waals surface area contributed by atoms with Gasteiger partial charge in [0.15, 0.2) is 9.84 Å². The van der Waals surface area contributed by atoms with E-state index in [0.29, 0.717) is 6.42 Å². The monoisotopic (exact) mass is 254 g/mol. The van der Waals surface area contributed by atoms with Crippen LogP contribution in [0.3, 0.4) is 0 Å². The summed E-state index contributed by atoms with van der Waals surface area (Å²) in [7, 11) is -3.43. The summed E-state index contributed by atoms with van der Waals surface area (Å²) in [4.78, 5) is 11.5. The highest BCUT2D eigenvalue weighted by atomic mass is 32.2. The third-order valence-corrected chi connectivity index (χ3v) is 5.00. The Kier molecular flexibility index (Phi) is 3.19. The van der Waals surface area contributed by atoms with Crippen LogP contribution in [-0.4, -0.2) is 25.7 Å². The van der Waals surface area contributed by atoms with E-state index in [0.717, 1.165) is 0 Å². The molecule has 92 valence electrons. The van der Waals surface area contributed by atoms with Gasteiger partial charge in [0.25, 0.3) is 0 Å². The first-order chi connectivity index (χ1) is 8.00. The van der Waals surface area contributed by atoms with Crippen molar-refractivity contribution in [2.75, 3.05) is 0 Å². The normalized spacial score (nSPS) is 25.4. The van der Waals surface area contributed by atoms with E-state index in [1.54, 1.807) is 37.3 Å². The Morgan fingerprint density at radius 2 is 1.88 bits per heavy atom. The second kappa shape index (κ2) is 4.49. The SMILES string of the molecule is CC1CC(S(=O)(=O)c2ccccc2)CC(=O)O1. The van der Waals surface area contributed by atoms with E-state index >= 15 is 0 Å². The van der Waals surface area contributed by atoms with Crippen LogP contribution in [0.25, 0.3) is 0 Å². The van der Waals surface area contributed by atoms with Crippen molar-refractivity contribution in [1.29, 1.82) is 0 Å². The molecule has 1 saturated heterocycles. The summed E-state index contributed by atoms with van der Waals surface area (Å²) in [5.74, 6) is -0.437. The molecule has 1 aliphatic heterocycles. The van der Waals surface area contributed by atoms with Gasteiger partial charge in [-0.05, 0) is 19.1 Å². The molecule has 0 saturated carbocycles. The zero-order valence-corrected chi connectivity index (χ0v) is 10.3. The van der Waals surface area contributed by atoms with E-state index in [-0.39, 0.29) is 17.4 Å². The predicted octanol–water partition coefficient (Wildman–Crippen LogP) is 1.55. The first-order valence-corrected chi connectivity index (χ1v) is 7.03. The van der Waals surface area contributed by atoms with E-state index in [1.807, 2.05) is 0 Å². The molecule has 2 atom stereocenters. The largest absolute Gasteiger partial charge is 0.463 e. The number of carbonyl (C=O) groups excluding carboxylic acids is 1. The van der Waals surface area contributed by atoms with Crippen molar-refractivity contribution in [2.24, 2.45) is 0 Å². The number of rotatable bonds is 2. The molecule has 1 aromatic carbocycles. The summed E-state index contributed by atoms with van der Waals surface area (Å²) >= 11 is 0. The second-order valence-electron chi connectivity index (χ2n) is 4.22. The lowest BCUT2D eigenvalue weighted by Gasteiger charge is -2.26.